The molecule has 0 aromatic heterocycles. The summed E-state index contributed by atoms with van der Waals surface area (Å²) in [4.78, 5) is 0. The Morgan fingerprint density at radius 3 is 2.44 bits per heavy atom. The molecule has 9 heavy (non-hydrogen) atoms. The maximum atomic E-state index is 5.25. The first-order valence-corrected chi connectivity index (χ1v) is 3.66. The molecule has 0 saturated heterocycles. The van der Waals surface area contributed by atoms with E-state index in [-0.39, 0.29) is 6.07 Å². The second kappa shape index (κ2) is 8.21. The number of ether oxygens (including phenoxy) is 2. The summed E-state index contributed by atoms with van der Waals surface area (Å²) in [6, 6.07) is 0.284. The van der Waals surface area contributed by atoms with Crippen LogP contribution in [-0.2, 0) is 9.47 Å². The van der Waals surface area contributed by atoms with Gasteiger partial charge in [0, 0.05) is 13.2 Å². The minimum atomic E-state index is 0.284. The minimum Gasteiger partial charge on any atom is -0.382 e. The fourth-order valence-electron chi connectivity index (χ4n) is 0.462. The van der Waals surface area contributed by atoms with Crippen molar-refractivity contribution < 1.29 is 9.47 Å². The van der Waals surface area contributed by atoms with Gasteiger partial charge in [0.25, 0.3) is 0 Å². The topological polar surface area (TPSA) is 18.5 Å². The highest BCUT2D eigenvalue weighted by molar-refractivity contribution is 6.17. The van der Waals surface area contributed by atoms with Gasteiger partial charge >= 0.3 is 0 Å². The SMILES string of the molecule is CCOCCCOCCl. The van der Waals surface area contributed by atoms with E-state index >= 15 is 0 Å². The first-order chi connectivity index (χ1) is 4.41. The standard InChI is InChI=1S/C6H13ClO2/c1-2-8-4-3-5-9-6-7/h2-6H2,1H3. The molecule has 0 heterocycles. The van der Waals surface area contributed by atoms with E-state index in [2.05, 4.69) is 0 Å². The van der Waals surface area contributed by atoms with Crippen molar-refractivity contribution in [2.75, 3.05) is 25.9 Å². The van der Waals surface area contributed by atoms with Crippen LogP contribution in [0.1, 0.15) is 13.3 Å². The van der Waals surface area contributed by atoms with Gasteiger partial charge in [-0.2, -0.15) is 0 Å². The zero-order valence-electron chi connectivity index (χ0n) is 5.73. The van der Waals surface area contributed by atoms with E-state index in [9.17, 15) is 0 Å². The molecule has 2 nitrogen and oxygen atoms in total. The van der Waals surface area contributed by atoms with E-state index in [1.165, 1.54) is 0 Å². The van der Waals surface area contributed by atoms with E-state index in [1.54, 1.807) is 0 Å². The van der Waals surface area contributed by atoms with Gasteiger partial charge in [0.2, 0.25) is 0 Å². The number of hydrogen-bond acceptors (Lipinski definition) is 2. The van der Waals surface area contributed by atoms with Crippen LogP contribution >= 0.6 is 11.6 Å². The van der Waals surface area contributed by atoms with Crippen molar-refractivity contribution in [2.24, 2.45) is 0 Å². The third kappa shape index (κ3) is 8.21. The third-order valence-corrected chi connectivity index (χ3v) is 1.01. The zero-order chi connectivity index (χ0) is 6.95. The van der Waals surface area contributed by atoms with Crippen LogP contribution in [0.25, 0.3) is 0 Å². The Kier molecular flexibility index (Phi) is 8.40. The van der Waals surface area contributed by atoms with Gasteiger partial charge in [-0.25, -0.2) is 0 Å². The third-order valence-electron chi connectivity index (χ3n) is 0.859. The summed E-state index contributed by atoms with van der Waals surface area (Å²) >= 11 is 5.25. The van der Waals surface area contributed by atoms with Crippen molar-refractivity contribution in [3.05, 3.63) is 0 Å². The maximum Gasteiger partial charge on any atom is 0.120 e. The van der Waals surface area contributed by atoms with Gasteiger partial charge < -0.3 is 9.47 Å². The van der Waals surface area contributed by atoms with Crippen LogP contribution in [0.5, 0.6) is 0 Å². The molecule has 0 atom stereocenters. The lowest BCUT2D eigenvalue weighted by Crippen LogP contribution is -1.99. The first kappa shape index (κ1) is 9.21. The smallest absolute Gasteiger partial charge is 0.120 e. The highest BCUT2D eigenvalue weighted by Crippen LogP contribution is 1.85. The molecule has 0 fully saturated rings. The molecule has 0 radical (unpaired) electrons. The number of alkyl halides is 1. The normalized spacial score (nSPS) is 10.0. The van der Waals surface area contributed by atoms with Gasteiger partial charge in [0.1, 0.15) is 6.07 Å². The largest absolute Gasteiger partial charge is 0.382 e. The molecule has 0 aromatic rings. The van der Waals surface area contributed by atoms with E-state index in [0.29, 0.717) is 6.61 Å². The summed E-state index contributed by atoms with van der Waals surface area (Å²) in [6.07, 6.45) is 0.931. The van der Waals surface area contributed by atoms with E-state index in [0.717, 1.165) is 19.6 Å². The average molecular weight is 153 g/mol. The highest BCUT2D eigenvalue weighted by atomic mass is 35.5. The van der Waals surface area contributed by atoms with Crippen LogP contribution in [0, 0.1) is 0 Å². The Morgan fingerprint density at radius 2 is 1.89 bits per heavy atom. The molecule has 0 aliphatic rings. The lowest BCUT2D eigenvalue weighted by Gasteiger charge is -1.99. The molecule has 0 bridgehead atoms. The van der Waals surface area contributed by atoms with Gasteiger partial charge in [-0.3, -0.25) is 0 Å². The summed E-state index contributed by atoms with van der Waals surface area (Å²) < 4.78 is 9.92. The van der Waals surface area contributed by atoms with Crippen molar-refractivity contribution >= 4 is 11.6 Å². The molecule has 56 valence electrons. The zero-order valence-corrected chi connectivity index (χ0v) is 6.49. The summed E-state index contributed by atoms with van der Waals surface area (Å²) in [5.74, 6) is 0. The van der Waals surface area contributed by atoms with Crippen molar-refractivity contribution in [1.82, 2.24) is 0 Å². The Morgan fingerprint density at radius 1 is 1.22 bits per heavy atom. The van der Waals surface area contributed by atoms with Crippen molar-refractivity contribution in [2.45, 2.75) is 13.3 Å². The van der Waals surface area contributed by atoms with Gasteiger partial charge in [-0.1, -0.05) is 11.6 Å². The number of halogens is 1. The molecule has 0 aliphatic heterocycles. The maximum absolute atomic E-state index is 5.25. The molecular formula is C6H13ClO2. The van der Waals surface area contributed by atoms with Crippen molar-refractivity contribution in [3.63, 3.8) is 0 Å². The van der Waals surface area contributed by atoms with Gasteiger partial charge in [-0.15, -0.1) is 0 Å². The Hall–Kier alpha value is 0.210. The van der Waals surface area contributed by atoms with Crippen molar-refractivity contribution in [1.29, 1.82) is 0 Å². The van der Waals surface area contributed by atoms with Crippen LogP contribution in [0.15, 0.2) is 0 Å². The minimum absolute atomic E-state index is 0.284. The summed E-state index contributed by atoms with van der Waals surface area (Å²) in [6.45, 7) is 4.22. The predicted octanol–water partition coefficient (Wildman–Crippen LogP) is 1.63. The van der Waals surface area contributed by atoms with Gasteiger partial charge in [0.15, 0.2) is 0 Å². The highest BCUT2D eigenvalue weighted by Gasteiger charge is 1.85. The Labute approximate surface area is 61.1 Å². The van der Waals surface area contributed by atoms with Gasteiger partial charge in [-0.05, 0) is 13.3 Å². The average Bonchev–Trinajstić information content (AvgIpc) is 1.89. The predicted molar refractivity (Wildman–Crippen MR) is 37.8 cm³/mol. The van der Waals surface area contributed by atoms with Crippen molar-refractivity contribution in [3.8, 4) is 0 Å². The number of hydrogen-bond donors (Lipinski definition) is 0. The second-order valence-corrected chi connectivity index (χ2v) is 1.79. The fourth-order valence-corrected chi connectivity index (χ4v) is 0.571. The first-order valence-electron chi connectivity index (χ1n) is 3.13. The number of rotatable bonds is 6. The van der Waals surface area contributed by atoms with E-state index in [4.69, 9.17) is 21.1 Å². The van der Waals surface area contributed by atoms with Gasteiger partial charge in [0.05, 0.1) is 6.61 Å². The lowest BCUT2D eigenvalue weighted by atomic mass is 10.5. The van der Waals surface area contributed by atoms with Crippen LogP contribution < -0.4 is 0 Å². The molecule has 0 N–H and O–H groups in total. The van der Waals surface area contributed by atoms with E-state index in [1.807, 2.05) is 6.92 Å². The fraction of sp³-hybridized carbons (Fsp3) is 1.00. The summed E-state index contributed by atoms with van der Waals surface area (Å²) in [5, 5.41) is 0. The summed E-state index contributed by atoms with van der Waals surface area (Å²) in [5.41, 5.74) is 0. The molecular weight excluding hydrogens is 140 g/mol. The molecule has 0 rings (SSSR count). The Bertz CT molecular complexity index is 44.3. The quantitative estimate of drug-likeness (QED) is 0.426. The van der Waals surface area contributed by atoms with E-state index < -0.39 is 0 Å². The van der Waals surface area contributed by atoms with Crippen LogP contribution in [0.2, 0.25) is 0 Å². The molecule has 0 aliphatic carbocycles. The second-order valence-electron chi connectivity index (χ2n) is 1.57. The van der Waals surface area contributed by atoms with Crippen LogP contribution in [0.4, 0.5) is 0 Å². The molecule has 3 heteroatoms. The summed E-state index contributed by atoms with van der Waals surface area (Å²) in [7, 11) is 0. The molecule has 0 aromatic carbocycles. The monoisotopic (exact) mass is 152 g/mol. The van der Waals surface area contributed by atoms with Crippen LogP contribution in [-0.4, -0.2) is 25.9 Å². The Balaban J connectivity index is 2.60. The molecule has 0 unspecified atom stereocenters. The molecule has 0 saturated carbocycles. The van der Waals surface area contributed by atoms with Crippen LogP contribution in [0.3, 0.4) is 0 Å². The molecule has 0 amide bonds. The molecule has 0 spiro atoms. The lowest BCUT2D eigenvalue weighted by molar-refractivity contribution is 0.106.